The molecule has 1 aliphatic heterocycles. The van der Waals surface area contributed by atoms with Crippen LogP contribution in [0, 0.1) is 5.41 Å². The first-order valence-corrected chi connectivity index (χ1v) is 8.42. The summed E-state index contributed by atoms with van der Waals surface area (Å²) in [6.45, 7) is 3.26. The lowest BCUT2D eigenvalue weighted by Gasteiger charge is -2.36. The molecule has 0 aliphatic carbocycles. The number of benzene rings is 2. The number of rotatable bonds is 2. The molecule has 1 N–H and O–H groups in total. The molecule has 1 aliphatic rings. The highest BCUT2D eigenvalue weighted by molar-refractivity contribution is 7.91. The Bertz CT molecular complexity index is 812. The molecule has 114 valence electrons. The fraction of sp³-hybridized carbons (Fsp3) is 0.235. The molecule has 4 nitrogen and oxygen atoms in total. The van der Waals surface area contributed by atoms with E-state index >= 15 is 0 Å². The van der Waals surface area contributed by atoms with Gasteiger partial charge in [0, 0.05) is 5.92 Å². The molecule has 0 fully saturated rings. The Kier molecular flexibility index (Phi) is 3.14. The standard InChI is InChI=1S/C17H16O4S/c1-17(2,16(18)19)15-11-7-3-5-9-13(11)22(20,21)14-10-6-4-8-12(14)15/h3-10,15H,1-2H3,(H,18,19). The first-order chi connectivity index (χ1) is 10.3. The van der Waals surface area contributed by atoms with Crippen molar-refractivity contribution in [3.63, 3.8) is 0 Å². The summed E-state index contributed by atoms with van der Waals surface area (Å²) in [4.78, 5) is 12.2. The van der Waals surface area contributed by atoms with Gasteiger partial charge < -0.3 is 5.11 Å². The van der Waals surface area contributed by atoms with Crippen LogP contribution in [-0.2, 0) is 14.6 Å². The van der Waals surface area contributed by atoms with Crippen LogP contribution in [-0.4, -0.2) is 19.5 Å². The van der Waals surface area contributed by atoms with E-state index in [9.17, 15) is 18.3 Å². The Morgan fingerprint density at radius 2 is 1.36 bits per heavy atom. The lowest BCUT2D eigenvalue weighted by Crippen LogP contribution is -2.35. The van der Waals surface area contributed by atoms with Gasteiger partial charge in [-0.1, -0.05) is 36.4 Å². The number of sulfone groups is 1. The average molecular weight is 316 g/mol. The van der Waals surface area contributed by atoms with Gasteiger partial charge in [-0.3, -0.25) is 4.79 Å². The van der Waals surface area contributed by atoms with Crippen LogP contribution in [0.5, 0.6) is 0 Å². The third-order valence-corrected chi connectivity index (χ3v) is 6.21. The Hall–Kier alpha value is -2.14. The normalized spacial score (nSPS) is 16.6. The fourth-order valence-corrected chi connectivity index (χ4v) is 4.86. The van der Waals surface area contributed by atoms with Crippen molar-refractivity contribution in [3.8, 4) is 0 Å². The summed E-state index contributed by atoms with van der Waals surface area (Å²) in [6.07, 6.45) is 0. The Morgan fingerprint density at radius 3 is 1.77 bits per heavy atom. The Balaban J connectivity index is 2.42. The highest BCUT2D eigenvalue weighted by Crippen LogP contribution is 2.49. The molecule has 0 atom stereocenters. The van der Waals surface area contributed by atoms with Gasteiger partial charge in [0.2, 0.25) is 9.84 Å². The van der Waals surface area contributed by atoms with Gasteiger partial charge in [-0.05, 0) is 37.1 Å². The number of carboxylic acid groups (broad SMARTS) is 1. The van der Waals surface area contributed by atoms with E-state index in [1.807, 2.05) is 0 Å². The molecule has 0 bridgehead atoms. The van der Waals surface area contributed by atoms with Crippen LogP contribution in [0.1, 0.15) is 30.9 Å². The van der Waals surface area contributed by atoms with Gasteiger partial charge in [0.1, 0.15) is 0 Å². The summed E-state index contributed by atoms with van der Waals surface area (Å²) in [6, 6.07) is 13.3. The summed E-state index contributed by atoms with van der Waals surface area (Å²) < 4.78 is 25.6. The van der Waals surface area contributed by atoms with Crippen LogP contribution in [0.25, 0.3) is 0 Å². The van der Waals surface area contributed by atoms with Crippen LogP contribution in [0.2, 0.25) is 0 Å². The summed E-state index contributed by atoms with van der Waals surface area (Å²) in [5.41, 5.74) is -0.0236. The quantitative estimate of drug-likeness (QED) is 0.924. The van der Waals surface area contributed by atoms with Crippen LogP contribution >= 0.6 is 0 Å². The molecule has 0 unspecified atom stereocenters. The van der Waals surface area contributed by atoms with Gasteiger partial charge in [0.25, 0.3) is 0 Å². The first kappa shape index (κ1) is 14.8. The number of carboxylic acids is 1. The molecule has 0 aromatic heterocycles. The van der Waals surface area contributed by atoms with E-state index in [4.69, 9.17) is 0 Å². The second-order valence-electron chi connectivity index (χ2n) is 6.04. The molecular formula is C17H16O4S. The molecular weight excluding hydrogens is 300 g/mol. The van der Waals surface area contributed by atoms with Gasteiger partial charge in [-0.25, -0.2) is 8.42 Å². The van der Waals surface area contributed by atoms with E-state index in [1.54, 1.807) is 62.4 Å². The van der Waals surface area contributed by atoms with Gasteiger partial charge in [0.05, 0.1) is 15.2 Å². The Morgan fingerprint density at radius 1 is 0.955 bits per heavy atom. The molecule has 0 spiro atoms. The summed E-state index contributed by atoms with van der Waals surface area (Å²) in [5, 5.41) is 9.63. The van der Waals surface area contributed by atoms with Crippen molar-refractivity contribution in [3.05, 3.63) is 59.7 Å². The van der Waals surface area contributed by atoms with Crippen molar-refractivity contribution >= 4 is 15.8 Å². The minimum atomic E-state index is -3.61. The number of fused-ring (bicyclic) bond motifs is 2. The van der Waals surface area contributed by atoms with Crippen LogP contribution < -0.4 is 0 Å². The van der Waals surface area contributed by atoms with Crippen molar-refractivity contribution in [2.24, 2.45) is 5.41 Å². The number of carbonyl (C=O) groups is 1. The SMILES string of the molecule is CC(C)(C(=O)O)C1c2ccccc2S(=O)(=O)c2ccccc21. The molecule has 22 heavy (non-hydrogen) atoms. The first-order valence-electron chi connectivity index (χ1n) is 6.94. The minimum Gasteiger partial charge on any atom is -0.481 e. The maximum Gasteiger partial charge on any atom is 0.310 e. The van der Waals surface area contributed by atoms with E-state index in [0.717, 1.165) is 0 Å². The lowest BCUT2D eigenvalue weighted by atomic mass is 9.71. The predicted molar refractivity (Wildman–Crippen MR) is 81.6 cm³/mol. The average Bonchev–Trinajstić information content (AvgIpc) is 2.47. The summed E-state index contributed by atoms with van der Waals surface area (Å²) in [5.74, 6) is -1.47. The molecule has 0 amide bonds. The smallest absolute Gasteiger partial charge is 0.310 e. The molecule has 2 aromatic carbocycles. The second-order valence-corrected chi connectivity index (χ2v) is 7.93. The molecule has 2 aromatic rings. The summed E-state index contributed by atoms with van der Waals surface area (Å²) in [7, 11) is -3.61. The maximum absolute atomic E-state index is 12.8. The van der Waals surface area contributed by atoms with Crippen LogP contribution in [0.3, 0.4) is 0 Å². The summed E-state index contributed by atoms with van der Waals surface area (Å²) >= 11 is 0. The molecule has 1 heterocycles. The zero-order valence-electron chi connectivity index (χ0n) is 12.3. The van der Waals surface area contributed by atoms with Gasteiger partial charge >= 0.3 is 5.97 Å². The maximum atomic E-state index is 12.8. The fourth-order valence-electron chi connectivity index (χ4n) is 3.11. The third kappa shape index (κ3) is 1.89. The van der Waals surface area contributed by atoms with Crippen LogP contribution in [0.4, 0.5) is 0 Å². The van der Waals surface area contributed by atoms with Crippen molar-refractivity contribution in [1.82, 2.24) is 0 Å². The highest BCUT2D eigenvalue weighted by atomic mass is 32.2. The molecule has 5 heteroatoms. The van der Waals surface area contributed by atoms with Crippen molar-refractivity contribution in [1.29, 1.82) is 0 Å². The zero-order chi connectivity index (χ0) is 16.1. The van der Waals surface area contributed by atoms with Crippen molar-refractivity contribution in [2.75, 3.05) is 0 Å². The second kappa shape index (κ2) is 4.68. The van der Waals surface area contributed by atoms with Crippen molar-refractivity contribution < 1.29 is 18.3 Å². The van der Waals surface area contributed by atoms with E-state index in [-0.39, 0.29) is 9.79 Å². The van der Waals surface area contributed by atoms with Crippen molar-refractivity contribution in [2.45, 2.75) is 29.6 Å². The monoisotopic (exact) mass is 316 g/mol. The zero-order valence-corrected chi connectivity index (χ0v) is 13.1. The number of hydrogen-bond acceptors (Lipinski definition) is 3. The van der Waals surface area contributed by atoms with E-state index < -0.39 is 27.1 Å². The number of hydrogen-bond donors (Lipinski definition) is 1. The van der Waals surface area contributed by atoms with E-state index in [1.165, 1.54) is 0 Å². The Labute approximate surface area is 129 Å². The van der Waals surface area contributed by atoms with Crippen LogP contribution in [0.15, 0.2) is 58.3 Å². The molecule has 0 radical (unpaired) electrons. The van der Waals surface area contributed by atoms with Gasteiger partial charge in [-0.15, -0.1) is 0 Å². The van der Waals surface area contributed by atoms with Gasteiger partial charge in [-0.2, -0.15) is 0 Å². The largest absolute Gasteiger partial charge is 0.481 e. The lowest BCUT2D eigenvalue weighted by molar-refractivity contribution is -0.147. The predicted octanol–water partition coefficient (Wildman–Crippen LogP) is 3.08. The van der Waals surface area contributed by atoms with E-state index in [2.05, 4.69) is 0 Å². The number of aliphatic carboxylic acids is 1. The van der Waals surface area contributed by atoms with E-state index in [0.29, 0.717) is 11.1 Å². The molecule has 3 rings (SSSR count). The third-order valence-electron chi connectivity index (χ3n) is 4.31. The molecule has 0 saturated carbocycles. The minimum absolute atomic E-state index is 0.202. The topological polar surface area (TPSA) is 71.4 Å². The van der Waals surface area contributed by atoms with Gasteiger partial charge in [0.15, 0.2) is 0 Å². The molecule has 0 saturated heterocycles. The highest BCUT2D eigenvalue weighted by Gasteiger charge is 2.46.